The molecule has 5 heteroatoms. The van der Waals surface area contributed by atoms with Gasteiger partial charge in [-0.15, -0.1) is 0 Å². The van der Waals surface area contributed by atoms with Gasteiger partial charge in [-0.3, -0.25) is 14.7 Å². The van der Waals surface area contributed by atoms with Crippen molar-refractivity contribution >= 4 is 17.4 Å². The number of halogens is 1. The fourth-order valence-electron chi connectivity index (χ4n) is 3.27. The molecular formula is C21H28ClN3O. The summed E-state index contributed by atoms with van der Waals surface area (Å²) < 4.78 is 0. The SMILES string of the molecule is C.CN1CCN(C(C(=O)CCc2ccc(Cl)cc2)c2cccnc2)CC1. The number of rotatable bonds is 6. The molecule has 1 aliphatic rings. The van der Waals surface area contributed by atoms with Crippen LogP contribution in [0, 0.1) is 0 Å². The van der Waals surface area contributed by atoms with E-state index in [2.05, 4.69) is 21.8 Å². The number of aromatic nitrogens is 1. The number of hydrogen-bond donors (Lipinski definition) is 0. The minimum Gasteiger partial charge on any atom is -0.304 e. The topological polar surface area (TPSA) is 36.4 Å². The number of benzene rings is 1. The van der Waals surface area contributed by atoms with Crippen LogP contribution in [0.5, 0.6) is 0 Å². The van der Waals surface area contributed by atoms with Gasteiger partial charge in [0.25, 0.3) is 0 Å². The lowest BCUT2D eigenvalue weighted by atomic mass is 9.97. The van der Waals surface area contributed by atoms with Crippen molar-refractivity contribution in [1.82, 2.24) is 14.8 Å². The van der Waals surface area contributed by atoms with E-state index in [0.29, 0.717) is 6.42 Å². The van der Waals surface area contributed by atoms with E-state index >= 15 is 0 Å². The zero-order valence-corrected chi connectivity index (χ0v) is 15.3. The Labute approximate surface area is 161 Å². The average Bonchev–Trinajstić information content (AvgIpc) is 2.64. The molecule has 140 valence electrons. The number of carbonyl (C=O) groups excluding carboxylic acids is 1. The second kappa shape index (κ2) is 9.81. The average molecular weight is 374 g/mol. The highest BCUT2D eigenvalue weighted by Crippen LogP contribution is 2.24. The number of Topliss-reactive ketones (excluding diaryl/α,β-unsaturated/α-hetero) is 1. The number of likely N-dealkylation sites (N-methyl/N-ethyl adjacent to an activating group) is 1. The number of aryl methyl sites for hydroxylation is 1. The predicted molar refractivity (Wildman–Crippen MR) is 108 cm³/mol. The summed E-state index contributed by atoms with van der Waals surface area (Å²) in [6, 6.07) is 11.5. The summed E-state index contributed by atoms with van der Waals surface area (Å²) in [5.41, 5.74) is 2.13. The molecule has 0 aliphatic carbocycles. The Morgan fingerprint density at radius 3 is 2.46 bits per heavy atom. The summed E-state index contributed by atoms with van der Waals surface area (Å²) in [7, 11) is 2.12. The van der Waals surface area contributed by atoms with Crippen LogP contribution in [0.4, 0.5) is 0 Å². The van der Waals surface area contributed by atoms with Gasteiger partial charge in [0.1, 0.15) is 0 Å². The number of pyridine rings is 1. The van der Waals surface area contributed by atoms with Gasteiger partial charge in [-0.1, -0.05) is 37.2 Å². The second-order valence-corrected chi connectivity index (χ2v) is 7.06. The van der Waals surface area contributed by atoms with E-state index in [1.807, 2.05) is 42.6 Å². The van der Waals surface area contributed by atoms with E-state index < -0.39 is 0 Å². The first-order valence-electron chi connectivity index (χ1n) is 8.73. The standard InChI is InChI=1S/C20H24ClN3O.CH4/c1-23-11-13-24(14-12-23)20(17-3-2-10-22-15-17)19(25)9-6-16-4-7-18(21)8-5-16;/h2-5,7-8,10,15,20H,6,9,11-14H2,1H3;1H4. The Bertz CT molecular complexity index is 682. The highest BCUT2D eigenvalue weighted by atomic mass is 35.5. The molecule has 26 heavy (non-hydrogen) atoms. The number of hydrogen-bond acceptors (Lipinski definition) is 4. The van der Waals surface area contributed by atoms with E-state index in [-0.39, 0.29) is 19.3 Å². The third-order valence-corrected chi connectivity index (χ3v) is 5.03. The van der Waals surface area contributed by atoms with Gasteiger partial charge in [0, 0.05) is 50.0 Å². The molecule has 0 spiro atoms. The van der Waals surface area contributed by atoms with Crippen LogP contribution in [0.3, 0.4) is 0 Å². The van der Waals surface area contributed by atoms with Crippen molar-refractivity contribution in [2.24, 2.45) is 0 Å². The predicted octanol–water partition coefficient (Wildman–Crippen LogP) is 3.86. The molecule has 1 aliphatic heterocycles. The Kier molecular flexibility index (Phi) is 7.76. The fraction of sp³-hybridized carbons (Fsp3) is 0.429. The van der Waals surface area contributed by atoms with Gasteiger partial charge in [-0.2, -0.15) is 0 Å². The Morgan fingerprint density at radius 2 is 1.85 bits per heavy atom. The van der Waals surface area contributed by atoms with Gasteiger partial charge in [0.15, 0.2) is 5.78 Å². The van der Waals surface area contributed by atoms with Crippen LogP contribution in [-0.4, -0.2) is 53.8 Å². The molecule has 0 amide bonds. The summed E-state index contributed by atoms with van der Waals surface area (Å²) >= 11 is 5.93. The number of carbonyl (C=O) groups is 1. The molecule has 2 aromatic rings. The summed E-state index contributed by atoms with van der Waals surface area (Å²) in [6.07, 6.45) is 4.83. The molecule has 3 rings (SSSR count). The van der Waals surface area contributed by atoms with Crippen LogP contribution >= 0.6 is 11.6 Å². The summed E-state index contributed by atoms with van der Waals surface area (Å²) in [5.74, 6) is 0.257. The first kappa shape index (κ1) is 20.6. The van der Waals surface area contributed by atoms with Crippen molar-refractivity contribution in [2.45, 2.75) is 26.3 Å². The lowest BCUT2D eigenvalue weighted by Crippen LogP contribution is -2.47. The zero-order valence-electron chi connectivity index (χ0n) is 14.6. The minimum absolute atomic E-state index is 0. The maximum absolute atomic E-state index is 13.1. The zero-order chi connectivity index (χ0) is 17.6. The molecule has 1 fully saturated rings. The number of ketones is 1. The third kappa shape index (κ3) is 5.37. The molecule has 1 saturated heterocycles. The highest BCUT2D eigenvalue weighted by Gasteiger charge is 2.29. The molecule has 0 radical (unpaired) electrons. The molecule has 0 saturated carbocycles. The lowest BCUT2D eigenvalue weighted by Gasteiger charge is -2.37. The summed E-state index contributed by atoms with van der Waals surface area (Å²) in [6.45, 7) is 3.79. The van der Waals surface area contributed by atoms with E-state index in [4.69, 9.17) is 11.6 Å². The summed E-state index contributed by atoms with van der Waals surface area (Å²) in [5, 5.41) is 0.723. The number of piperazine rings is 1. The maximum atomic E-state index is 13.1. The van der Waals surface area contributed by atoms with Crippen molar-refractivity contribution in [3.63, 3.8) is 0 Å². The van der Waals surface area contributed by atoms with Crippen molar-refractivity contribution in [3.8, 4) is 0 Å². The van der Waals surface area contributed by atoms with Gasteiger partial charge in [0.05, 0.1) is 6.04 Å². The van der Waals surface area contributed by atoms with Crippen LogP contribution in [0.1, 0.15) is 31.0 Å². The Balaban J connectivity index is 0.00000243. The quantitative estimate of drug-likeness (QED) is 0.770. The molecular weight excluding hydrogens is 346 g/mol. The van der Waals surface area contributed by atoms with Crippen LogP contribution in [0.2, 0.25) is 5.02 Å². The van der Waals surface area contributed by atoms with E-state index in [1.165, 1.54) is 0 Å². The van der Waals surface area contributed by atoms with Crippen LogP contribution in [0.15, 0.2) is 48.8 Å². The molecule has 2 heterocycles. The van der Waals surface area contributed by atoms with Gasteiger partial charge in [-0.05, 0) is 42.8 Å². The van der Waals surface area contributed by atoms with E-state index in [1.54, 1.807) is 6.20 Å². The normalized spacial score (nSPS) is 16.7. The lowest BCUT2D eigenvalue weighted by molar-refractivity contribution is -0.125. The second-order valence-electron chi connectivity index (χ2n) is 6.62. The Morgan fingerprint density at radius 1 is 1.15 bits per heavy atom. The van der Waals surface area contributed by atoms with Gasteiger partial charge in [-0.25, -0.2) is 0 Å². The minimum atomic E-state index is -0.199. The smallest absolute Gasteiger partial charge is 0.154 e. The molecule has 4 nitrogen and oxygen atoms in total. The summed E-state index contributed by atoms with van der Waals surface area (Å²) in [4.78, 5) is 21.9. The van der Waals surface area contributed by atoms with Crippen LogP contribution < -0.4 is 0 Å². The van der Waals surface area contributed by atoms with Crippen LogP contribution in [0.25, 0.3) is 0 Å². The van der Waals surface area contributed by atoms with Gasteiger partial charge < -0.3 is 4.90 Å². The highest BCUT2D eigenvalue weighted by molar-refractivity contribution is 6.30. The third-order valence-electron chi connectivity index (χ3n) is 4.78. The van der Waals surface area contributed by atoms with Crippen molar-refractivity contribution in [3.05, 3.63) is 64.9 Å². The molecule has 0 bridgehead atoms. The molecule has 1 atom stereocenters. The monoisotopic (exact) mass is 373 g/mol. The largest absolute Gasteiger partial charge is 0.304 e. The Hall–Kier alpha value is -1.75. The van der Waals surface area contributed by atoms with Gasteiger partial charge in [0.2, 0.25) is 0 Å². The van der Waals surface area contributed by atoms with Crippen molar-refractivity contribution in [1.29, 1.82) is 0 Å². The van der Waals surface area contributed by atoms with E-state index in [0.717, 1.165) is 48.7 Å². The van der Waals surface area contributed by atoms with E-state index in [9.17, 15) is 4.79 Å². The molecule has 1 unspecified atom stereocenters. The first-order chi connectivity index (χ1) is 12.1. The van der Waals surface area contributed by atoms with Crippen LogP contribution in [-0.2, 0) is 11.2 Å². The molecule has 0 N–H and O–H groups in total. The van der Waals surface area contributed by atoms with Crippen molar-refractivity contribution < 1.29 is 4.79 Å². The number of nitrogens with zero attached hydrogens (tertiary/aromatic N) is 3. The van der Waals surface area contributed by atoms with Crippen molar-refractivity contribution in [2.75, 3.05) is 33.2 Å². The maximum Gasteiger partial charge on any atom is 0.154 e. The molecule has 1 aromatic carbocycles. The first-order valence-corrected chi connectivity index (χ1v) is 9.11. The fourth-order valence-corrected chi connectivity index (χ4v) is 3.40. The molecule has 1 aromatic heterocycles. The van der Waals surface area contributed by atoms with Gasteiger partial charge >= 0.3 is 0 Å².